The first-order chi connectivity index (χ1) is 8.32. The van der Waals surface area contributed by atoms with Gasteiger partial charge in [-0.15, -0.1) is 0 Å². The maximum atomic E-state index is 12.9. The van der Waals surface area contributed by atoms with Gasteiger partial charge in [-0.1, -0.05) is 15.9 Å². The second-order valence-electron chi connectivity index (χ2n) is 3.61. The molecule has 0 atom stereocenters. The average molecular weight is 316 g/mol. The van der Waals surface area contributed by atoms with Crippen molar-refractivity contribution in [3.8, 4) is 0 Å². The number of anilines is 1. The summed E-state index contributed by atoms with van der Waals surface area (Å²) in [5.74, 6) is -2.45. The third kappa shape index (κ3) is 3.40. The average Bonchev–Trinajstić information content (AvgIpc) is 2.29. The van der Waals surface area contributed by atoms with Crippen molar-refractivity contribution in [2.75, 3.05) is 5.32 Å². The van der Waals surface area contributed by atoms with E-state index in [4.69, 9.17) is 5.11 Å². The fourth-order valence-corrected chi connectivity index (χ4v) is 1.54. The van der Waals surface area contributed by atoms with Crippen molar-refractivity contribution >= 4 is 33.5 Å². The molecule has 1 amide bonds. The highest BCUT2D eigenvalue weighted by Gasteiger charge is 2.14. The van der Waals surface area contributed by atoms with E-state index >= 15 is 0 Å². The summed E-state index contributed by atoms with van der Waals surface area (Å²) in [5, 5.41) is 11.4. The van der Waals surface area contributed by atoms with Gasteiger partial charge in [0.25, 0.3) is 5.91 Å². The minimum atomic E-state index is -1.18. The van der Waals surface area contributed by atoms with Crippen LogP contribution in [0.2, 0.25) is 0 Å². The van der Waals surface area contributed by atoms with Crippen LogP contribution < -0.4 is 5.32 Å². The lowest BCUT2D eigenvalue weighted by Crippen LogP contribution is -2.16. The number of carbonyl (C=O) groups is 2. The number of carboxylic acids is 1. The zero-order chi connectivity index (χ0) is 13.9. The molecule has 1 aromatic rings. The number of rotatable bonds is 3. The fourth-order valence-electron chi connectivity index (χ4n) is 1.17. The predicted molar refractivity (Wildman–Crippen MR) is 69.2 cm³/mol. The van der Waals surface area contributed by atoms with Gasteiger partial charge in [-0.25, -0.2) is 9.18 Å². The van der Waals surface area contributed by atoms with Gasteiger partial charge in [-0.3, -0.25) is 4.79 Å². The molecule has 1 aromatic carbocycles. The minimum absolute atomic E-state index is 0.0676. The zero-order valence-electron chi connectivity index (χ0n) is 9.75. The van der Waals surface area contributed by atoms with E-state index in [1.54, 1.807) is 6.07 Å². The van der Waals surface area contributed by atoms with Crippen LogP contribution in [0.15, 0.2) is 34.1 Å². The van der Waals surface area contributed by atoms with Crippen molar-refractivity contribution < 1.29 is 19.1 Å². The van der Waals surface area contributed by atoms with Gasteiger partial charge in [0.05, 0.1) is 11.3 Å². The highest BCUT2D eigenvalue weighted by atomic mass is 79.9. The molecule has 0 saturated heterocycles. The quantitative estimate of drug-likeness (QED) is 0.841. The summed E-state index contributed by atoms with van der Waals surface area (Å²) >= 11 is 3.14. The Morgan fingerprint density at radius 3 is 2.44 bits per heavy atom. The number of aromatic carboxylic acids is 1. The van der Waals surface area contributed by atoms with Gasteiger partial charge in [0.2, 0.25) is 0 Å². The van der Waals surface area contributed by atoms with Crippen LogP contribution in [-0.4, -0.2) is 17.0 Å². The van der Waals surface area contributed by atoms with Crippen LogP contribution in [0.5, 0.6) is 0 Å². The Morgan fingerprint density at radius 2 is 1.94 bits per heavy atom. The summed E-state index contributed by atoms with van der Waals surface area (Å²) in [6, 6.07) is 4.38. The molecule has 1 rings (SSSR count). The predicted octanol–water partition coefficient (Wildman–Crippen LogP) is 3.35. The molecule has 6 heteroatoms. The molecule has 4 nitrogen and oxygen atoms in total. The largest absolute Gasteiger partial charge is 0.478 e. The highest BCUT2D eigenvalue weighted by Crippen LogP contribution is 2.22. The van der Waals surface area contributed by atoms with E-state index in [0.29, 0.717) is 4.47 Å². The van der Waals surface area contributed by atoms with Crippen LogP contribution in [0.3, 0.4) is 0 Å². The molecule has 0 saturated carbocycles. The number of hydrogen-bond donors (Lipinski definition) is 2. The summed E-state index contributed by atoms with van der Waals surface area (Å²) in [6.07, 6.45) is 0. The Hall–Kier alpha value is -1.69. The van der Waals surface area contributed by atoms with E-state index in [1.165, 1.54) is 19.1 Å². The standard InChI is InChI=1S/C12H11BrFNO3/c1-6(7(2)14)11(16)15-10-4-3-8(13)5-9(10)12(17)18/h3-5H,1-2H3,(H,15,16)(H,17,18)/b7-6-. The molecule has 2 N–H and O–H groups in total. The Bertz CT molecular complexity index is 536. The molecule has 0 radical (unpaired) electrons. The normalized spacial score (nSPS) is 11.8. The maximum Gasteiger partial charge on any atom is 0.337 e. The summed E-state index contributed by atoms with van der Waals surface area (Å²) in [6.45, 7) is 2.48. The number of nitrogens with one attached hydrogen (secondary N) is 1. The second kappa shape index (κ2) is 5.77. The van der Waals surface area contributed by atoms with E-state index < -0.39 is 17.7 Å². The molecule has 0 unspecified atom stereocenters. The first-order valence-electron chi connectivity index (χ1n) is 5.00. The maximum absolute atomic E-state index is 12.9. The van der Waals surface area contributed by atoms with Gasteiger partial charge >= 0.3 is 5.97 Å². The fraction of sp³-hybridized carbons (Fsp3) is 0.167. The van der Waals surface area contributed by atoms with Gasteiger partial charge in [0.1, 0.15) is 5.83 Å². The molecule has 0 aliphatic carbocycles. The summed E-state index contributed by atoms with van der Waals surface area (Å²) in [7, 11) is 0. The highest BCUT2D eigenvalue weighted by molar-refractivity contribution is 9.10. The van der Waals surface area contributed by atoms with Crippen molar-refractivity contribution in [1.82, 2.24) is 0 Å². The SMILES string of the molecule is C/C(F)=C(\C)C(=O)Nc1ccc(Br)cc1C(=O)O. The number of carbonyl (C=O) groups excluding carboxylic acids is 1. The molecule has 0 spiro atoms. The molecule has 0 fully saturated rings. The molecule has 0 bridgehead atoms. The Labute approximate surface area is 112 Å². The first-order valence-corrected chi connectivity index (χ1v) is 5.79. The topological polar surface area (TPSA) is 66.4 Å². The van der Waals surface area contributed by atoms with Gasteiger partial charge < -0.3 is 10.4 Å². The molecule has 0 aromatic heterocycles. The summed E-state index contributed by atoms with van der Waals surface area (Å²) in [4.78, 5) is 22.6. The number of halogens is 2. The molecule has 0 heterocycles. The Morgan fingerprint density at radius 1 is 1.33 bits per heavy atom. The lowest BCUT2D eigenvalue weighted by molar-refractivity contribution is -0.112. The number of carboxylic acid groups (broad SMARTS) is 1. The molecular formula is C12H11BrFNO3. The molecule has 18 heavy (non-hydrogen) atoms. The van der Waals surface area contributed by atoms with Crippen molar-refractivity contribution in [3.63, 3.8) is 0 Å². The van der Waals surface area contributed by atoms with Crippen LogP contribution in [0.25, 0.3) is 0 Å². The van der Waals surface area contributed by atoms with E-state index in [2.05, 4.69) is 21.2 Å². The van der Waals surface area contributed by atoms with Crippen LogP contribution in [0, 0.1) is 0 Å². The van der Waals surface area contributed by atoms with Crippen LogP contribution in [0.1, 0.15) is 24.2 Å². The molecule has 96 valence electrons. The van der Waals surface area contributed by atoms with Gasteiger partial charge in [0, 0.05) is 10.0 Å². The van der Waals surface area contributed by atoms with E-state index in [0.717, 1.165) is 6.92 Å². The monoisotopic (exact) mass is 315 g/mol. The Balaban J connectivity index is 3.09. The lowest BCUT2D eigenvalue weighted by atomic mass is 10.1. The van der Waals surface area contributed by atoms with Gasteiger partial charge in [0.15, 0.2) is 0 Å². The summed E-state index contributed by atoms with van der Waals surface area (Å²) in [5.41, 5.74) is -0.0346. The Kier molecular flexibility index (Phi) is 4.61. The summed E-state index contributed by atoms with van der Waals surface area (Å²) < 4.78 is 13.4. The first kappa shape index (κ1) is 14.4. The van der Waals surface area contributed by atoms with E-state index in [9.17, 15) is 14.0 Å². The van der Waals surface area contributed by atoms with E-state index in [1.807, 2.05) is 0 Å². The second-order valence-corrected chi connectivity index (χ2v) is 4.52. The van der Waals surface area contributed by atoms with Crippen LogP contribution in [-0.2, 0) is 4.79 Å². The molecular weight excluding hydrogens is 305 g/mol. The zero-order valence-corrected chi connectivity index (χ0v) is 11.3. The minimum Gasteiger partial charge on any atom is -0.478 e. The van der Waals surface area contributed by atoms with Gasteiger partial charge in [-0.2, -0.15) is 0 Å². The molecule has 0 aliphatic rings. The third-order valence-electron chi connectivity index (χ3n) is 2.32. The number of hydrogen-bond acceptors (Lipinski definition) is 2. The van der Waals surface area contributed by atoms with Gasteiger partial charge in [-0.05, 0) is 32.0 Å². The number of benzene rings is 1. The third-order valence-corrected chi connectivity index (χ3v) is 2.81. The molecule has 0 aliphatic heterocycles. The van der Waals surface area contributed by atoms with Crippen molar-refractivity contribution in [2.45, 2.75) is 13.8 Å². The van der Waals surface area contributed by atoms with Crippen molar-refractivity contribution in [2.24, 2.45) is 0 Å². The van der Waals surface area contributed by atoms with Crippen molar-refractivity contribution in [3.05, 3.63) is 39.6 Å². The van der Waals surface area contributed by atoms with Crippen molar-refractivity contribution in [1.29, 1.82) is 0 Å². The van der Waals surface area contributed by atoms with Crippen LogP contribution >= 0.6 is 15.9 Å². The lowest BCUT2D eigenvalue weighted by Gasteiger charge is -2.09. The number of amides is 1. The van der Waals surface area contributed by atoms with E-state index in [-0.39, 0.29) is 16.8 Å². The smallest absolute Gasteiger partial charge is 0.337 e. The number of allylic oxidation sites excluding steroid dienone is 1. The van der Waals surface area contributed by atoms with Crippen LogP contribution in [0.4, 0.5) is 10.1 Å².